The summed E-state index contributed by atoms with van der Waals surface area (Å²) in [6, 6.07) is 8.04. The predicted molar refractivity (Wildman–Crippen MR) is 71.7 cm³/mol. The SMILES string of the molecule is CCCc1nc(N)n(Cc2ccccc2Br)n1. The lowest BCUT2D eigenvalue weighted by molar-refractivity contribution is 0.674. The minimum Gasteiger partial charge on any atom is -0.368 e. The van der Waals surface area contributed by atoms with Crippen molar-refractivity contribution in [1.29, 1.82) is 0 Å². The van der Waals surface area contributed by atoms with Gasteiger partial charge in [0.15, 0.2) is 5.82 Å². The van der Waals surface area contributed by atoms with Crippen molar-refractivity contribution >= 4 is 21.9 Å². The normalized spacial score (nSPS) is 10.7. The Kier molecular flexibility index (Phi) is 3.78. The molecular weight excluding hydrogens is 280 g/mol. The highest BCUT2D eigenvalue weighted by Crippen LogP contribution is 2.17. The first-order valence-electron chi connectivity index (χ1n) is 5.63. The first-order valence-corrected chi connectivity index (χ1v) is 6.42. The maximum atomic E-state index is 5.84. The van der Waals surface area contributed by atoms with Gasteiger partial charge in [0.1, 0.15) is 0 Å². The van der Waals surface area contributed by atoms with E-state index in [0.29, 0.717) is 12.5 Å². The van der Waals surface area contributed by atoms with Crippen LogP contribution in [0.4, 0.5) is 5.95 Å². The molecule has 0 spiro atoms. The van der Waals surface area contributed by atoms with Gasteiger partial charge < -0.3 is 5.73 Å². The van der Waals surface area contributed by atoms with Gasteiger partial charge in [-0.05, 0) is 18.1 Å². The average molecular weight is 295 g/mol. The van der Waals surface area contributed by atoms with Crippen LogP contribution in [0.25, 0.3) is 0 Å². The standard InChI is InChI=1S/C12H15BrN4/c1-2-5-11-15-12(14)17(16-11)8-9-6-3-4-7-10(9)13/h3-4,6-7H,2,5,8H2,1H3,(H2,14,15,16). The minimum absolute atomic E-state index is 0.476. The number of aryl methyl sites for hydroxylation is 1. The Morgan fingerprint density at radius 1 is 1.35 bits per heavy atom. The van der Waals surface area contributed by atoms with Crippen LogP contribution in [-0.4, -0.2) is 14.8 Å². The monoisotopic (exact) mass is 294 g/mol. The van der Waals surface area contributed by atoms with Gasteiger partial charge in [-0.1, -0.05) is 41.1 Å². The van der Waals surface area contributed by atoms with Crippen LogP contribution in [0.2, 0.25) is 0 Å². The topological polar surface area (TPSA) is 56.7 Å². The highest BCUT2D eigenvalue weighted by Gasteiger charge is 2.08. The summed E-state index contributed by atoms with van der Waals surface area (Å²) >= 11 is 3.51. The van der Waals surface area contributed by atoms with E-state index >= 15 is 0 Å². The zero-order valence-electron chi connectivity index (χ0n) is 9.73. The van der Waals surface area contributed by atoms with Gasteiger partial charge in [0, 0.05) is 10.9 Å². The van der Waals surface area contributed by atoms with E-state index < -0.39 is 0 Å². The molecule has 90 valence electrons. The molecule has 2 N–H and O–H groups in total. The summed E-state index contributed by atoms with van der Waals surface area (Å²) in [6.45, 7) is 2.74. The van der Waals surface area contributed by atoms with Gasteiger partial charge in [-0.15, -0.1) is 0 Å². The van der Waals surface area contributed by atoms with Crippen LogP contribution in [0.1, 0.15) is 24.7 Å². The zero-order valence-corrected chi connectivity index (χ0v) is 11.3. The van der Waals surface area contributed by atoms with Gasteiger partial charge >= 0.3 is 0 Å². The molecule has 5 heteroatoms. The van der Waals surface area contributed by atoms with E-state index in [0.717, 1.165) is 28.7 Å². The molecule has 1 aromatic carbocycles. The summed E-state index contributed by atoms with van der Waals surface area (Å²) in [7, 11) is 0. The fraction of sp³-hybridized carbons (Fsp3) is 0.333. The fourth-order valence-electron chi connectivity index (χ4n) is 1.64. The zero-order chi connectivity index (χ0) is 12.3. The van der Waals surface area contributed by atoms with Crippen molar-refractivity contribution in [2.24, 2.45) is 0 Å². The number of rotatable bonds is 4. The third-order valence-corrected chi connectivity index (χ3v) is 3.27. The Balaban J connectivity index is 2.21. The van der Waals surface area contributed by atoms with E-state index in [1.165, 1.54) is 0 Å². The van der Waals surface area contributed by atoms with Crippen LogP contribution in [0.5, 0.6) is 0 Å². The summed E-state index contributed by atoms with van der Waals surface area (Å²) < 4.78 is 2.80. The maximum Gasteiger partial charge on any atom is 0.219 e. The molecule has 0 unspecified atom stereocenters. The second-order valence-electron chi connectivity index (χ2n) is 3.89. The number of aromatic nitrogens is 3. The number of hydrogen-bond acceptors (Lipinski definition) is 3. The molecule has 0 aliphatic carbocycles. The van der Waals surface area contributed by atoms with E-state index in [4.69, 9.17) is 5.73 Å². The van der Waals surface area contributed by atoms with Gasteiger partial charge in [0.05, 0.1) is 6.54 Å². The molecule has 1 aromatic heterocycles. The van der Waals surface area contributed by atoms with Crippen LogP contribution in [0, 0.1) is 0 Å². The Bertz CT molecular complexity index is 507. The van der Waals surface area contributed by atoms with E-state index in [2.05, 4.69) is 32.9 Å². The first kappa shape index (κ1) is 12.1. The molecule has 0 aliphatic heterocycles. The lowest BCUT2D eigenvalue weighted by Gasteiger charge is -2.04. The Morgan fingerprint density at radius 2 is 2.12 bits per heavy atom. The number of anilines is 1. The molecule has 0 atom stereocenters. The highest BCUT2D eigenvalue weighted by molar-refractivity contribution is 9.10. The Labute approximate surface area is 109 Å². The molecule has 2 aromatic rings. The third-order valence-electron chi connectivity index (χ3n) is 2.50. The van der Waals surface area contributed by atoms with Crippen LogP contribution >= 0.6 is 15.9 Å². The van der Waals surface area contributed by atoms with Crippen molar-refractivity contribution in [1.82, 2.24) is 14.8 Å². The smallest absolute Gasteiger partial charge is 0.219 e. The van der Waals surface area contributed by atoms with Gasteiger partial charge in [0.25, 0.3) is 0 Å². The number of benzene rings is 1. The van der Waals surface area contributed by atoms with Crippen molar-refractivity contribution < 1.29 is 0 Å². The third kappa shape index (κ3) is 2.85. The summed E-state index contributed by atoms with van der Waals surface area (Å²) in [5.41, 5.74) is 6.99. The van der Waals surface area contributed by atoms with Gasteiger partial charge in [-0.2, -0.15) is 10.1 Å². The van der Waals surface area contributed by atoms with Crippen LogP contribution in [0.3, 0.4) is 0 Å². The van der Waals surface area contributed by atoms with E-state index in [1.54, 1.807) is 4.68 Å². The molecular formula is C12H15BrN4. The molecule has 0 bridgehead atoms. The molecule has 17 heavy (non-hydrogen) atoms. The molecule has 0 amide bonds. The molecule has 0 saturated heterocycles. The summed E-state index contributed by atoms with van der Waals surface area (Å²) in [5, 5.41) is 4.40. The predicted octanol–water partition coefficient (Wildman–Crippen LogP) is 2.62. The molecule has 0 radical (unpaired) electrons. The summed E-state index contributed by atoms with van der Waals surface area (Å²) in [6.07, 6.45) is 1.89. The van der Waals surface area contributed by atoms with E-state index in [-0.39, 0.29) is 0 Å². The first-order chi connectivity index (χ1) is 8.20. The molecule has 1 heterocycles. The van der Waals surface area contributed by atoms with Crippen molar-refractivity contribution in [2.45, 2.75) is 26.3 Å². The number of halogens is 1. The van der Waals surface area contributed by atoms with E-state index in [9.17, 15) is 0 Å². The van der Waals surface area contributed by atoms with Crippen LogP contribution in [-0.2, 0) is 13.0 Å². The lowest BCUT2D eigenvalue weighted by Crippen LogP contribution is -2.06. The van der Waals surface area contributed by atoms with Gasteiger partial charge in [-0.25, -0.2) is 4.68 Å². The minimum atomic E-state index is 0.476. The van der Waals surface area contributed by atoms with Crippen LogP contribution in [0.15, 0.2) is 28.7 Å². The second-order valence-corrected chi connectivity index (χ2v) is 4.74. The largest absolute Gasteiger partial charge is 0.368 e. The highest BCUT2D eigenvalue weighted by atomic mass is 79.9. The maximum absolute atomic E-state index is 5.84. The van der Waals surface area contributed by atoms with Crippen LogP contribution < -0.4 is 5.73 Å². The summed E-state index contributed by atoms with van der Waals surface area (Å²) in [4.78, 5) is 4.24. The average Bonchev–Trinajstić information content (AvgIpc) is 2.63. The quantitative estimate of drug-likeness (QED) is 0.943. The Hall–Kier alpha value is -1.36. The number of nitrogens with zero attached hydrogens (tertiary/aromatic N) is 3. The van der Waals surface area contributed by atoms with Crippen molar-refractivity contribution in [3.8, 4) is 0 Å². The number of nitrogen functional groups attached to an aromatic ring is 1. The van der Waals surface area contributed by atoms with E-state index in [1.807, 2.05) is 24.3 Å². The number of hydrogen-bond donors (Lipinski definition) is 1. The second kappa shape index (κ2) is 5.31. The van der Waals surface area contributed by atoms with Gasteiger partial charge in [-0.3, -0.25) is 0 Å². The lowest BCUT2D eigenvalue weighted by atomic mass is 10.2. The van der Waals surface area contributed by atoms with Crippen molar-refractivity contribution in [2.75, 3.05) is 5.73 Å². The number of nitrogens with two attached hydrogens (primary N) is 1. The molecule has 2 rings (SSSR count). The van der Waals surface area contributed by atoms with Crippen molar-refractivity contribution in [3.63, 3.8) is 0 Å². The molecule has 0 saturated carbocycles. The molecule has 0 fully saturated rings. The molecule has 4 nitrogen and oxygen atoms in total. The fourth-order valence-corrected chi connectivity index (χ4v) is 2.05. The Morgan fingerprint density at radius 3 is 2.82 bits per heavy atom. The molecule has 0 aliphatic rings. The summed E-state index contributed by atoms with van der Waals surface area (Å²) in [5.74, 6) is 1.29. The van der Waals surface area contributed by atoms with Crippen molar-refractivity contribution in [3.05, 3.63) is 40.1 Å². The van der Waals surface area contributed by atoms with Gasteiger partial charge in [0.2, 0.25) is 5.95 Å².